The first-order valence-electron chi connectivity index (χ1n) is 38.3. The number of phosphoric ester groups is 1. The molecule has 0 saturated heterocycles. The molecule has 85 heavy (non-hydrogen) atoms. The van der Waals surface area contributed by atoms with Crippen LogP contribution in [-0.2, 0) is 32.7 Å². The third kappa shape index (κ3) is 72.0. The number of carbonyl (C=O) groups excluding carboxylic acids is 2. The van der Waals surface area contributed by atoms with Crippen LogP contribution in [0.5, 0.6) is 0 Å². The highest BCUT2D eigenvalue weighted by molar-refractivity contribution is 7.47. The third-order valence-electron chi connectivity index (χ3n) is 17.9. The summed E-state index contributed by atoms with van der Waals surface area (Å²) in [7, 11) is 1.51. The molecule has 0 saturated carbocycles. The number of rotatable bonds is 73. The number of esters is 2. The minimum Gasteiger partial charge on any atom is -0.462 e. The van der Waals surface area contributed by atoms with Crippen molar-refractivity contribution in [3.05, 3.63) is 0 Å². The molecule has 0 aliphatic carbocycles. The first kappa shape index (κ1) is 84.0. The van der Waals surface area contributed by atoms with Gasteiger partial charge in [0.15, 0.2) is 6.10 Å². The fraction of sp³-hybridized carbons (Fsp3) is 0.973. The van der Waals surface area contributed by atoms with Gasteiger partial charge in [-0.15, -0.1) is 0 Å². The smallest absolute Gasteiger partial charge is 0.462 e. The van der Waals surface area contributed by atoms with Crippen LogP contribution in [0.25, 0.3) is 0 Å². The lowest BCUT2D eigenvalue weighted by atomic mass is 10.0. The van der Waals surface area contributed by atoms with Crippen LogP contribution in [0, 0.1) is 0 Å². The summed E-state index contributed by atoms with van der Waals surface area (Å²) in [6, 6.07) is 0. The van der Waals surface area contributed by atoms with Gasteiger partial charge in [-0.1, -0.05) is 393 Å². The van der Waals surface area contributed by atoms with E-state index in [2.05, 4.69) is 13.8 Å². The molecule has 0 radical (unpaired) electrons. The van der Waals surface area contributed by atoms with Crippen LogP contribution in [0.3, 0.4) is 0 Å². The molecule has 0 heterocycles. The third-order valence-corrected chi connectivity index (χ3v) is 18.9. The maximum absolute atomic E-state index is 12.9. The summed E-state index contributed by atoms with van der Waals surface area (Å²) >= 11 is 0. The van der Waals surface area contributed by atoms with Gasteiger partial charge in [-0.05, 0) is 12.8 Å². The van der Waals surface area contributed by atoms with Gasteiger partial charge >= 0.3 is 19.8 Å². The summed E-state index contributed by atoms with van der Waals surface area (Å²) in [5.74, 6) is -0.765. The number of ether oxygens (including phenoxy) is 2. The molecule has 0 aliphatic heterocycles. The minimum absolute atomic E-state index is 0.0378. The number of hydrogen-bond donors (Lipinski definition) is 1. The fourth-order valence-corrected chi connectivity index (χ4v) is 12.8. The Balaban J connectivity index is 3.92. The molecule has 0 rings (SSSR count). The molecule has 2 atom stereocenters. The Bertz CT molecular complexity index is 1390. The molecule has 0 fully saturated rings. The van der Waals surface area contributed by atoms with Gasteiger partial charge in [-0.25, -0.2) is 4.57 Å². The second-order valence-corrected chi connectivity index (χ2v) is 29.2. The van der Waals surface area contributed by atoms with Crippen molar-refractivity contribution in [2.24, 2.45) is 0 Å². The standard InChI is InChI=1S/C75H150NO8P/c1-6-8-10-12-14-16-18-20-22-24-26-28-30-32-34-36-37-38-40-42-44-46-48-50-52-54-56-58-60-62-64-66-68-75(78)84-73(72-83-85(79,80)82-70-69-76(3,4)5)71-81-74(77)67-65-63-61-59-57-55-53-51-49-47-45-43-41-39-35-33-31-29-27-25-23-21-19-17-15-13-11-9-7-2/h73H,6-72H2,1-5H3/p+1. The number of quaternary nitrogens is 1. The zero-order chi connectivity index (χ0) is 61.9. The molecule has 0 aliphatic rings. The first-order chi connectivity index (χ1) is 41.5. The summed E-state index contributed by atoms with van der Waals surface area (Å²) in [6.07, 6.45) is 82.4. The molecule has 2 unspecified atom stereocenters. The maximum atomic E-state index is 12.9. The molecule has 508 valence electrons. The number of nitrogens with zero attached hydrogens (tertiary/aromatic N) is 1. The minimum atomic E-state index is -4.39. The van der Waals surface area contributed by atoms with Gasteiger partial charge < -0.3 is 18.9 Å². The van der Waals surface area contributed by atoms with E-state index >= 15 is 0 Å². The number of phosphoric acid groups is 1. The van der Waals surface area contributed by atoms with Crippen LogP contribution >= 0.6 is 7.82 Å². The molecule has 0 aromatic rings. The summed E-state index contributed by atoms with van der Waals surface area (Å²) in [5, 5.41) is 0. The van der Waals surface area contributed by atoms with E-state index in [0.717, 1.165) is 38.5 Å². The first-order valence-corrected chi connectivity index (χ1v) is 39.8. The Labute approximate surface area is 531 Å². The van der Waals surface area contributed by atoms with Crippen LogP contribution in [0.2, 0.25) is 0 Å². The van der Waals surface area contributed by atoms with E-state index in [1.54, 1.807) is 0 Å². The molecule has 0 bridgehead atoms. The molecule has 0 aromatic carbocycles. The van der Waals surface area contributed by atoms with Gasteiger partial charge in [-0.2, -0.15) is 0 Å². The van der Waals surface area contributed by atoms with Gasteiger partial charge in [0.1, 0.15) is 19.8 Å². The van der Waals surface area contributed by atoms with Crippen molar-refractivity contribution in [1.29, 1.82) is 0 Å². The average Bonchev–Trinajstić information content (AvgIpc) is 3.52. The lowest BCUT2D eigenvalue weighted by molar-refractivity contribution is -0.870. The lowest BCUT2D eigenvalue weighted by Gasteiger charge is -2.24. The fourth-order valence-electron chi connectivity index (χ4n) is 12.0. The molecule has 0 aromatic heterocycles. The van der Waals surface area contributed by atoms with Crippen molar-refractivity contribution in [2.45, 2.75) is 424 Å². The zero-order valence-electron chi connectivity index (χ0n) is 58.2. The van der Waals surface area contributed by atoms with Crippen molar-refractivity contribution in [3.8, 4) is 0 Å². The normalized spacial score (nSPS) is 13.0. The zero-order valence-corrected chi connectivity index (χ0v) is 59.0. The summed E-state index contributed by atoms with van der Waals surface area (Å²) in [5.41, 5.74) is 0. The average molecular weight is 1230 g/mol. The van der Waals surface area contributed by atoms with E-state index in [1.807, 2.05) is 21.1 Å². The van der Waals surface area contributed by atoms with Crippen molar-refractivity contribution in [1.82, 2.24) is 0 Å². The SMILES string of the molecule is CCCCCCCCCCCCCCCCCCCCCCCCCCCCCCCCCCC(=O)OC(COC(=O)CCCCCCCCCCCCCCCCCCCCCCCCCCCCCCC)COP(=O)(O)OCC[N+](C)(C)C. The second-order valence-electron chi connectivity index (χ2n) is 27.8. The maximum Gasteiger partial charge on any atom is 0.472 e. The van der Waals surface area contributed by atoms with Crippen molar-refractivity contribution in [3.63, 3.8) is 0 Å². The highest BCUT2D eigenvalue weighted by Gasteiger charge is 2.27. The van der Waals surface area contributed by atoms with E-state index < -0.39 is 26.5 Å². The van der Waals surface area contributed by atoms with E-state index in [0.29, 0.717) is 17.4 Å². The van der Waals surface area contributed by atoms with E-state index in [4.69, 9.17) is 18.5 Å². The number of unbranched alkanes of at least 4 members (excludes halogenated alkanes) is 59. The Hall–Kier alpha value is -0.990. The Kier molecular flexibility index (Phi) is 66.6. The van der Waals surface area contributed by atoms with Gasteiger partial charge in [-0.3, -0.25) is 18.6 Å². The highest BCUT2D eigenvalue weighted by atomic mass is 31.2. The van der Waals surface area contributed by atoms with Crippen LogP contribution < -0.4 is 0 Å². The number of likely N-dealkylation sites (N-methyl/N-ethyl adjacent to an activating group) is 1. The summed E-state index contributed by atoms with van der Waals surface area (Å²) < 4.78 is 34.8. The van der Waals surface area contributed by atoms with Crippen molar-refractivity contribution >= 4 is 19.8 Å². The van der Waals surface area contributed by atoms with Crippen molar-refractivity contribution in [2.75, 3.05) is 47.5 Å². The second kappa shape index (κ2) is 67.4. The molecule has 10 heteroatoms. The Morgan fingerprint density at radius 1 is 0.318 bits per heavy atom. The Morgan fingerprint density at radius 3 is 0.753 bits per heavy atom. The van der Waals surface area contributed by atoms with Crippen LogP contribution in [0.1, 0.15) is 418 Å². The summed E-state index contributed by atoms with van der Waals surface area (Å²) in [4.78, 5) is 35.9. The molecular formula is C75H151NO8P+. The highest BCUT2D eigenvalue weighted by Crippen LogP contribution is 2.43. The van der Waals surface area contributed by atoms with Gasteiger partial charge in [0, 0.05) is 12.8 Å². The van der Waals surface area contributed by atoms with Crippen LogP contribution in [-0.4, -0.2) is 74.9 Å². The van der Waals surface area contributed by atoms with Crippen LogP contribution in [0.4, 0.5) is 0 Å². The van der Waals surface area contributed by atoms with Gasteiger partial charge in [0.2, 0.25) is 0 Å². The van der Waals surface area contributed by atoms with Gasteiger partial charge in [0.25, 0.3) is 0 Å². The lowest BCUT2D eigenvalue weighted by Crippen LogP contribution is -2.37. The largest absolute Gasteiger partial charge is 0.472 e. The predicted molar refractivity (Wildman–Crippen MR) is 368 cm³/mol. The molecule has 9 nitrogen and oxygen atoms in total. The molecular weight excluding hydrogens is 1070 g/mol. The van der Waals surface area contributed by atoms with Gasteiger partial charge in [0.05, 0.1) is 27.7 Å². The predicted octanol–water partition coefficient (Wildman–Crippen LogP) is 24.9. The quantitative estimate of drug-likeness (QED) is 0.0278. The summed E-state index contributed by atoms with van der Waals surface area (Å²) in [6.45, 7) is 4.54. The van der Waals surface area contributed by atoms with E-state index in [9.17, 15) is 19.0 Å². The Morgan fingerprint density at radius 2 is 0.529 bits per heavy atom. The molecule has 1 N–H and O–H groups in total. The monoisotopic (exact) mass is 1230 g/mol. The molecule has 0 spiro atoms. The van der Waals surface area contributed by atoms with E-state index in [1.165, 1.54) is 353 Å². The molecule has 0 amide bonds. The number of carbonyl (C=O) groups is 2. The number of hydrogen-bond acceptors (Lipinski definition) is 7. The van der Waals surface area contributed by atoms with E-state index in [-0.39, 0.29) is 25.6 Å². The van der Waals surface area contributed by atoms with Crippen molar-refractivity contribution < 1.29 is 42.1 Å². The van der Waals surface area contributed by atoms with Crippen LogP contribution in [0.15, 0.2) is 0 Å². The topological polar surface area (TPSA) is 108 Å².